The number of rotatable bonds is 5. The first-order valence-electron chi connectivity index (χ1n) is 6.12. The summed E-state index contributed by atoms with van der Waals surface area (Å²) in [6, 6.07) is 11.9. The van der Waals surface area contributed by atoms with E-state index in [1.165, 1.54) is 0 Å². The average Bonchev–Trinajstić information content (AvgIpc) is 2.41. The number of pyridine rings is 1. The fourth-order valence-corrected chi connectivity index (χ4v) is 3.51. The first kappa shape index (κ1) is 15.0. The molecular formula is C14H15ClN2O2S. The van der Waals surface area contributed by atoms with Crippen LogP contribution < -0.4 is 4.72 Å². The molecule has 0 saturated carbocycles. The van der Waals surface area contributed by atoms with Crippen LogP contribution in [0.25, 0.3) is 0 Å². The van der Waals surface area contributed by atoms with Gasteiger partial charge >= 0.3 is 0 Å². The van der Waals surface area contributed by atoms with Gasteiger partial charge in [0.05, 0.1) is 17.5 Å². The molecule has 0 amide bonds. The summed E-state index contributed by atoms with van der Waals surface area (Å²) in [7, 11) is -3.48. The second kappa shape index (κ2) is 6.35. The summed E-state index contributed by atoms with van der Waals surface area (Å²) in [6.45, 7) is 1.76. The lowest BCUT2D eigenvalue weighted by Crippen LogP contribution is -2.28. The number of aromatic nitrogens is 1. The van der Waals surface area contributed by atoms with Gasteiger partial charge in [-0.25, -0.2) is 13.1 Å². The summed E-state index contributed by atoms with van der Waals surface area (Å²) < 4.78 is 26.9. The number of hydrogen-bond donors (Lipinski definition) is 1. The molecule has 4 nitrogen and oxygen atoms in total. The van der Waals surface area contributed by atoms with Crippen molar-refractivity contribution < 1.29 is 8.42 Å². The highest BCUT2D eigenvalue weighted by Crippen LogP contribution is 2.18. The first-order chi connectivity index (χ1) is 9.48. The predicted octanol–water partition coefficient (Wildman–Crippen LogP) is 2.92. The largest absolute Gasteiger partial charge is 0.260 e. The molecule has 1 aromatic carbocycles. The molecule has 1 aromatic heterocycles. The Morgan fingerprint density at radius 2 is 1.90 bits per heavy atom. The molecule has 0 aliphatic rings. The lowest BCUT2D eigenvalue weighted by atomic mass is 10.2. The quantitative estimate of drug-likeness (QED) is 0.923. The van der Waals surface area contributed by atoms with E-state index in [1.807, 2.05) is 6.07 Å². The van der Waals surface area contributed by atoms with Crippen molar-refractivity contribution >= 4 is 21.6 Å². The molecule has 20 heavy (non-hydrogen) atoms. The van der Waals surface area contributed by atoms with E-state index in [0.717, 1.165) is 0 Å². The van der Waals surface area contributed by atoms with Crippen molar-refractivity contribution in [1.82, 2.24) is 9.71 Å². The fourth-order valence-electron chi connectivity index (χ4n) is 1.82. The van der Waals surface area contributed by atoms with Gasteiger partial charge in [-0.3, -0.25) is 4.98 Å². The molecule has 0 fully saturated rings. The van der Waals surface area contributed by atoms with E-state index in [4.69, 9.17) is 11.6 Å². The standard InChI is InChI=1S/C14H15ClN2O2S/c1-11(14-8-4-5-9-16-14)17-20(18,19)10-12-6-2-3-7-13(12)15/h2-9,11,17H,10H2,1H3/t11-/m0/s1. The van der Waals surface area contributed by atoms with Crippen LogP contribution in [0.1, 0.15) is 24.2 Å². The summed E-state index contributed by atoms with van der Waals surface area (Å²) >= 11 is 5.98. The van der Waals surface area contributed by atoms with Crippen LogP contribution in [0.2, 0.25) is 5.02 Å². The van der Waals surface area contributed by atoms with Gasteiger partial charge in [-0.1, -0.05) is 35.9 Å². The smallest absolute Gasteiger partial charge is 0.216 e. The van der Waals surface area contributed by atoms with Gasteiger partial charge in [0.2, 0.25) is 10.0 Å². The molecule has 0 spiro atoms. The summed E-state index contributed by atoms with van der Waals surface area (Å²) in [5.74, 6) is -0.149. The van der Waals surface area contributed by atoms with Crippen molar-refractivity contribution in [3.05, 3.63) is 64.9 Å². The summed E-state index contributed by atoms with van der Waals surface area (Å²) in [4.78, 5) is 4.13. The Kier molecular flexibility index (Phi) is 4.75. The van der Waals surface area contributed by atoms with Gasteiger partial charge in [-0.15, -0.1) is 0 Å². The second-order valence-electron chi connectivity index (χ2n) is 4.44. The molecule has 106 valence electrons. The second-order valence-corrected chi connectivity index (χ2v) is 6.61. The Labute approximate surface area is 123 Å². The zero-order chi connectivity index (χ0) is 14.6. The molecular weight excluding hydrogens is 296 g/mol. The maximum atomic E-state index is 12.1. The van der Waals surface area contributed by atoms with Crippen LogP contribution in [0.4, 0.5) is 0 Å². The Balaban J connectivity index is 2.10. The van der Waals surface area contributed by atoms with Crippen LogP contribution in [0.5, 0.6) is 0 Å². The van der Waals surface area contributed by atoms with Crippen molar-refractivity contribution in [1.29, 1.82) is 0 Å². The van der Waals surface area contributed by atoms with Crippen molar-refractivity contribution in [2.24, 2.45) is 0 Å². The van der Waals surface area contributed by atoms with Crippen molar-refractivity contribution in [3.63, 3.8) is 0 Å². The highest BCUT2D eigenvalue weighted by Gasteiger charge is 2.18. The molecule has 2 rings (SSSR count). The number of benzene rings is 1. The molecule has 0 unspecified atom stereocenters. The zero-order valence-electron chi connectivity index (χ0n) is 11.0. The number of halogens is 1. The minimum atomic E-state index is -3.48. The van der Waals surface area contributed by atoms with Crippen molar-refractivity contribution in [3.8, 4) is 0 Å². The monoisotopic (exact) mass is 310 g/mol. The summed E-state index contributed by atoms with van der Waals surface area (Å²) in [5.41, 5.74) is 1.25. The Morgan fingerprint density at radius 1 is 1.20 bits per heavy atom. The highest BCUT2D eigenvalue weighted by atomic mass is 35.5. The molecule has 1 N–H and O–H groups in total. The van der Waals surface area contributed by atoms with Gasteiger partial charge in [-0.2, -0.15) is 0 Å². The van der Waals surface area contributed by atoms with Crippen LogP contribution in [0.15, 0.2) is 48.7 Å². The third kappa shape index (κ3) is 4.03. The third-order valence-corrected chi connectivity index (χ3v) is 4.56. The summed E-state index contributed by atoms with van der Waals surface area (Å²) in [6.07, 6.45) is 1.63. The topological polar surface area (TPSA) is 59.1 Å². The van der Waals surface area contributed by atoms with Crippen LogP contribution in [0, 0.1) is 0 Å². The van der Waals surface area contributed by atoms with E-state index < -0.39 is 10.0 Å². The SMILES string of the molecule is C[C@H](NS(=O)(=O)Cc1ccccc1Cl)c1ccccn1. The fraction of sp³-hybridized carbons (Fsp3) is 0.214. The molecule has 0 radical (unpaired) electrons. The van der Waals surface area contributed by atoms with Gasteiger partial charge in [0.1, 0.15) is 0 Å². The minimum Gasteiger partial charge on any atom is -0.260 e. The van der Waals surface area contributed by atoms with Crippen LogP contribution >= 0.6 is 11.6 Å². The van der Waals surface area contributed by atoms with E-state index in [2.05, 4.69) is 9.71 Å². The third-order valence-electron chi connectivity index (χ3n) is 2.79. The minimum absolute atomic E-state index is 0.149. The molecule has 0 saturated heterocycles. The van der Waals surface area contributed by atoms with Gasteiger partial charge in [0.25, 0.3) is 0 Å². The average molecular weight is 311 g/mol. The highest BCUT2D eigenvalue weighted by molar-refractivity contribution is 7.88. The maximum Gasteiger partial charge on any atom is 0.216 e. The lowest BCUT2D eigenvalue weighted by Gasteiger charge is -2.14. The predicted molar refractivity (Wildman–Crippen MR) is 79.9 cm³/mol. The van der Waals surface area contributed by atoms with Crippen molar-refractivity contribution in [2.75, 3.05) is 0 Å². The number of sulfonamides is 1. The molecule has 2 aromatic rings. The normalized spacial score (nSPS) is 13.1. The molecule has 6 heteroatoms. The van der Waals surface area contributed by atoms with Crippen LogP contribution in [-0.4, -0.2) is 13.4 Å². The van der Waals surface area contributed by atoms with Gasteiger partial charge < -0.3 is 0 Å². The van der Waals surface area contributed by atoms with Crippen molar-refractivity contribution in [2.45, 2.75) is 18.7 Å². The van der Waals surface area contributed by atoms with Gasteiger partial charge in [-0.05, 0) is 30.7 Å². The zero-order valence-corrected chi connectivity index (χ0v) is 12.5. The van der Waals surface area contributed by atoms with E-state index in [-0.39, 0.29) is 11.8 Å². The maximum absolute atomic E-state index is 12.1. The van der Waals surface area contributed by atoms with E-state index in [9.17, 15) is 8.42 Å². The number of hydrogen-bond acceptors (Lipinski definition) is 3. The molecule has 0 bridgehead atoms. The Bertz CT molecular complexity index is 675. The molecule has 0 aliphatic carbocycles. The number of nitrogens with one attached hydrogen (secondary N) is 1. The van der Waals surface area contributed by atoms with Crippen LogP contribution in [0.3, 0.4) is 0 Å². The lowest BCUT2D eigenvalue weighted by molar-refractivity contribution is 0.563. The Hall–Kier alpha value is -1.43. The molecule has 1 heterocycles. The van der Waals surface area contributed by atoms with E-state index in [1.54, 1.807) is 49.5 Å². The molecule has 1 atom stereocenters. The van der Waals surface area contributed by atoms with Gasteiger partial charge in [0, 0.05) is 11.2 Å². The Morgan fingerprint density at radius 3 is 2.55 bits per heavy atom. The number of nitrogens with zero attached hydrogens (tertiary/aromatic N) is 1. The van der Waals surface area contributed by atoms with E-state index in [0.29, 0.717) is 16.3 Å². The van der Waals surface area contributed by atoms with Crippen LogP contribution in [-0.2, 0) is 15.8 Å². The van der Waals surface area contributed by atoms with Gasteiger partial charge in [0.15, 0.2) is 0 Å². The summed E-state index contributed by atoms with van der Waals surface area (Å²) in [5, 5.41) is 0.448. The van der Waals surface area contributed by atoms with E-state index >= 15 is 0 Å². The molecule has 0 aliphatic heterocycles. The first-order valence-corrected chi connectivity index (χ1v) is 8.15.